The SMILES string of the molecule is C=CCc1ccc(OC2O[C@H](CO)[C@@H](O)[C@H](O)[C@H]2O)cc1. The zero-order chi connectivity index (χ0) is 15.4. The second-order valence-electron chi connectivity index (χ2n) is 4.95. The number of hydrogen-bond acceptors (Lipinski definition) is 6. The zero-order valence-corrected chi connectivity index (χ0v) is 11.5. The molecule has 6 heteroatoms. The molecule has 0 spiro atoms. The highest BCUT2D eigenvalue weighted by Gasteiger charge is 2.44. The monoisotopic (exact) mass is 296 g/mol. The van der Waals surface area contributed by atoms with Gasteiger partial charge in [0.25, 0.3) is 0 Å². The molecule has 5 atom stereocenters. The standard InChI is InChI=1S/C15H20O6/c1-2-3-9-4-6-10(7-5-9)20-15-14(19)13(18)12(17)11(8-16)21-15/h2,4-7,11-19H,1,3,8H2/t11-,12-,13+,14-,15?/m1/s1. The first-order valence-corrected chi connectivity index (χ1v) is 6.74. The van der Waals surface area contributed by atoms with Gasteiger partial charge in [-0.25, -0.2) is 0 Å². The Labute approximate surface area is 122 Å². The first-order chi connectivity index (χ1) is 10.1. The van der Waals surface area contributed by atoms with Crippen LogP contribution in [0.4, 0.5) is 0 Å². The third kappa shape index (κ3) is 3.61. The molecule has 1 aromatic rings. The van der Waals surface area contributed by atoms with Gasteiger partial charge in [-0.1, -0.05) is 18.2 Å². The Morgan fingerprint density at radius 3 is 2.33 bits per heavy atom. The maximum atomic E-state index is 9.87. The van der Waals surface area contributed by atoms with Crippen LogP contribution in [0.2, 0.25) is 0 Å². The van der Waals surface area contributed by atoms with Crippen molar-refractivity contribution in [2.75, 3.05) is 6.61 Å². The van der Waals surface area contributed by atoms with Gasteiger partial charge >= 0.3 is 0 Å². The Bertz CT molecular complexity index is 458. The van der Waals surface area contributed by atoms with Gasteiger partial charge in [0.15, 0.2) is 0 Å². The summed E-state index contributed by atoms with van der Waals surface area (Å²) in [5.41, 5.74) is 1.06. The van der Waals surface area contributed by atoms with Crippen LogP contribution < -0.4 is 4.74 Å². The van der Waals surface area contributed by atoms with Crippen LogP contribution in [-0.4, -0.2) is 57.7 Å². The molecule has 0 radical (unpaired) electrons. The van der Waals surface area contributed by atoms with Gasteiger partial charge in [0.05, 0.1) is 6.61 Å². The van der Waals surface area contributed by atoms with E-state index in [0.29, 0.717) is 5.75 Å². The fourth-order valence-corrected chi connectivity index (χ4v) is 2.17. The van der Waals surface area contributed by atoms with E-state index in [1.165, 1.54) is 0 Å². The van der Waals surface area contributed by atoms with Crippen LogP contribution in [0.15, 0.2) is 36.9 Å². The van der Waals surface area contributed by atoms with Gasteiger partial charge in [-0.2, -0.15) is 0 Å². The van der Waals surface area contributed by atoms with E-state index in [1.807, 2.05) is 12.1 Å². The predicted molar refractivity (Wildman–Crippen MR) is 74.7 cm³/mol. The largest absolute Gasteiger partial charge is 0.462 e. The molecule has 1 fully saturated rings. The lowest BCUT2D eigenvalue weighted by Gasteiger charge is -2.39. The average molecular weight is 296 g/mol. The maximum Gasteiger partial charge on any atom is 0.229 e. The molecule has 0 bridgehead atoms. The summed E-state index contributed by atoms with van der Waals surface area (Å²) in [5.74, 6) is 0.451. The molecule has 0 aliphatic carbocycles. The summed E-state index contributed by atoms with van der Waals surface area (Å²) in [6, 6.07) is 7.11. The van der Waals surface area contributed by atoms with Crippen LogP contribution in [0.5, 0.6) is 5.75 Å². The molecule has 116 valence electrons. The highest BCUT2D eigenvalue weighted by Crippen LogP contribution is 2.24. The summed E-state index contributed by atoms with van der Waals surface area (Å²) < 4.78 is 10.7. The second kappa shape index (κ2) is 7.02. The van der Waals surface area contributed by atoms with Crippen molar-refractivity contribution in [1.82, 2.24) is 0 Å². The summed E-state index contributed by atoms with van der Waals surface area (Å²) in [6.07, 6.45) is -3.86. The van der Waals surface area contributed by atoms with Gasteiger partial charge in [0.2, 0.25) is 6.29 Å². The molecule has 6 nitrogen and oxygen atoms in total. The lowest BCUT2D eigenvalue weighted by molar-refractivity contribution is -0.277. The quantitative estimate of drug-likeness (QED) is 0.552. The number of ether oxygens (including phenoxy) is 2. The predicted octanol–water partition coefficient (Wildman–Crippen LogP) is -0.406. The van der Waals surface area contributed by atoms with Crippen molar-refractivity contribution in [1.29, 1.82) is 0 Å². The van der Waals surface area contributed by atoms with Gasteiger partial charge in [0, 0.05) is 0 Å². The minimum Gasteiger partial charge on any atom is -0.462 e. The fraction of sp³-hybridized carbons (Fsp3) is 0.467. The molecule has 0 saturated carbocycles. The van der Waals surface area contributed by atoms with E-state index >= 15 is 0 Å². The van der Waals surface area contributed by atoms with Crippen molar-refractivity contribution in [3.63, 3.8) is 0 Å². The minimum atomic E-state index is -1.44. The van der Waals surface area contributed by atoms with Gasteiger partial charge in [0.1, 0.15) is 30.2 Å². The summed E-state index contributed by atoms with van der Waals surface area (Å²) in [4.78, 5) is 0. The van der Waals surface area contributed by atoms with E-state index in [2.05, 4.69) is 6.58 Å². The van der Waals surface area contributed by atoms with E-state index in [0.717, 1.165) is 12.0 Å². The molecule has 1 heterocycles. The molecule has 1 aliphatic heterocycles. The first-order valence-electron chi connectivity index (χ1n) is 6.74. The Morgan fingerprint density at radius 1 is 1.10 bits per heavy atom. The van der Waals surface area contributed by atoms with Crippen molar-refractivity contribution in [2.45, 2.75) is 37.1 Å². The zero-order valence-electron chi connectivity index (χ0n) is 11.5. The molecule has 4 N–H and O–H groups in total. The van der Waals surface area contributed by atoms with Crippen molar-refractivity contribution in [2.24, 2.45) is 0 Å². The van der Waals surface area contributed by atoms with Gasteiger partial charge in [-0.15, -0.1) is 6.58 Å². The van der Waals surface area contributed by atoms with Gasteiger partial charge in [-0.05, 0) is 24.1 Å². The third-order valence-electron chi connectivity index (χ3n) is 3.40. The smallest absolute Gasteiger partial charge is 0.229 e. The van der Waals surface area contributed by atoms with Crippen molar-refractivity contribution in [3.05, 3.63) is 42.5 Å². The fourth-order valence-electron chi connectivity index (χ4n) is 2.17. The lowest BCUT2D eigenvalue weighted by Crippen LogP contribution is -2.60. The molecule has 0 aromatic heterocycles. The van der Waals surface area contributed by atoms with Crippen LogP contribution in [0, 0.1) is 0 Å². The Balaban J connectivity index is 2.05. The van der Waals surface area contributed by atoms with Crippen molar-refractivity contribution < 1.29 is 29.9 Å². The van der Waals surface area contributed by atoms with Crippen LogP contribution >= 0.6 is 0 Å². The molecule has 1 unspecified atom stereocenters. The molecule has 1 aliphatic rings. The average Bonchev–Trinajstić information content (AvgIpc) is 2.50. The number of allylic oxidation sites excluding steroid dienone is 1. The van der Waals surface area contributed by atoms with E-state index in [4.69, 9.17) is 14.6 Å². The Kier molecular flexibility index (Phi) is 5.33. The van der Waals surface area contributed by atoms with Crippen LogP contribution in [0.25, 0.3) is 0 Å². The number of benzene rings is 1. The summed E-state index contributed by atoms with van der Waals surface area (Å²) in [6.45, 7) is 3.17. The van der Waals surface area contributed by atoms with E-state index in [1.54, 1.807) is 18.2 Å². The third-order valence-corrected chi connectivity index (χ3v) is 3.40. The molecule has 1 saturated heterocycles. The van der Waals surface area contributed by atoms with Crippen molar-refractivity contribution in [3.8, 4) is 5.75 Å². The summed E-state index contributed by atoms with van der Waals surface area (Å²) >= 11 is 0. The normalized spacial score (nSPS) is 32.7. The lowest BCUT2D eigenvalue weighted by atomic mass is 9.99. The van der Waals surface area contributed by atoms with Crippen LogP contribution in [0.3, 0.4) is 0 Å². The van der Waals surface area contributed by atoms with Crippen LogP contribution in [0.1, 0.15) is 5.56 Å². The molecule has 21 heavy (non-hydrogen) atoms. The van der Waals surface area contributed by atoms with Crippen molar-refractivity contribution >= 4 is 0 Å². The molecule has 0 amide bonds. The number of hydrogen-bond donors (Lipinski definition) is 4. The summed E-state index contributed by atoms with van der Waals surface area (Å²) in [5, 5.41) is 38.3. The maximum absolute atomic E-state index is 9.87. The minimum absolute atomic E-state index is 0.451. The second-order valence-corrected chi connectivity index (χ2v) is 4.95. The number of rotatable bonds is 5. The number of aliphatic hydroxyl groups is 4. The first kappa shape index (κ1) is 15.9. The highest BCUT2D eigenvalue weighted by molar-refractivity contribution is 5.28. The number of aliphatic hydroxyl groups excluding tert-OH is 4. The van der Waals surface area contributed by atoms with Gasteiger partial charge in [-0.3, -0.25) is 0 Å². The van der Waals surface area contributed by atoms with Gasteiger partial charge < -0.3 is 29.9 Å². The molecular weight excluding hydrogens is 276 g/mol. The van der Waals surface area contributed by atoms with E-state index < -0.39 is 37.3 Å². The molecule has 2 rings (SSSR count). The Morgan fingerprint density at radius 2 is 1.76 bits per heavy atom. The van der Waals surface area contributed by atoms with E-state index in [9.17, 15) is 15.3 Å². The van der Waals surface area contributed by atoms with E-state index in [-0.39, 0.29) is 0 Å². The Hall–Kier alpha value is -1.44. The molecule has 1 aromatic carbocycles. The summed E-state index contributed by atoms with van der Waals surface area (Å²) in [7, 11) is 0. The topological polar surface area (TPSA) is 99.4 Å². The highest BCUT2D eigenvalue weighted by atomic mass is 16.7. The van der Waals surface area contributed by atoms with Crippen LogP contribution in [-0.2, 0) is 11.2 Å². The molecular formula is C15H20O6.